The highest BCUT2D eigenvalue weighted by Crippen LogP contribution is 2.27. The lowest BCUT2D eigenvalue weighted by Gasteiger charge is -2.24. The molecular formula is C14H21ClN2O. The highest BCUT2D eigenvalue weighted by atomic mass is 35.5. The SMILES string of the molecule is Nc1ccc(CN2CCCC2CCCO)c(Cl)c1. The minimum Gasteiger partial charge on any atom is -0.399 e. The van der Waals surface area contributed by atoms with Crippen molar-refractivity contribution >= 4 is 17.3 Å². The Kier molecular flexibility index (Phi) is 4.87. The van der Waals surface area contributed by atoms with Crippen molar-refractivity contribution in [3.63, 3.8) is 0 Å². The van der Waals surface area contributed by atoms with Crippen LogP contribution in [0.5, 0.6) is 0 Å². The molecule has 1 aromatic carbocycles. The number of likely N-dealkylation sites (tertiary alicyclic amines) is 1. The Balaban J connectivity index is 1.99. The molecule has 1 unspecified atom stereocenters. The third-order valence-corrected chi connectivity index (χ3v) is 4.00. The van der Waals surface area contributed by atoms with Crippen molar-refractivity contribution in [1.82, 2.24) is 4.90 Å². The van der Waals surface area contributed by atoms with E-state index in [9.17, 15) is 0 Å². The topological polar surface area (TPSA) is 49.5 Å². The van der Waals surface area contributed by atoms with E-state index in [1.54, 1.807) is 0 Å². The van der Waals surface area contributed by atoms with Crippen LogP contribution < -0.4 is 5.73 Å². The highest BCUT2D eigenvalue weighted by Gasteiger charge is 2.24. The average molecular weight is 269 g/mol. The van der Waals surface area contributed by atoms with E-state index in [0.29, 0.717) is 11.7 Å². The maximum absolute atomic E-state index is 8.92. The first-order chi connectivity index (χ1) is 8.70. The van der Waals surface area contributed by atoms with E-state index in [2.05, 4.69) is 4.90 Å². The third-order valence-electron chi connectivity index (χ3n) is 3.65. The molecule has 0 aliphatic carbocycles. The summed E-state index contributed by atoms with van der Waals surface area (Å²) in [5, 5.41) is 9.68. The summed E-state index contributed by atoms with van der Waals surface area (Å²) in [6, 6.07) is 6.32. The van der Waals surface area contributed by atoms with Gasteiger partial charge in [0.05, 0.1) is 0 Å². The first kappa shape index (κ1) is 13.7. The van der Waals surface area contributed by atoms with Gasteiger partial charge in [-0.2, -0.15) is 0 Å². The van der Waals surface area contributed by atoms with Gasteiger partial charge < -0.3 is 10.8 Å². The maximum Gasteiger partial charge on any atom is 0.0471 e. The molecule has 2 rings (SSSR count). The first-order valence-corrected chi connectivity index (χ1v) is 6.97. The lowest BCUT2D eigenvalue weighted by atomic mass is 10.1. The Morgan fingerprint density at radius 2 is 2.28 bits per heavy atom. The van der Waals surface area contributed by atoms with Crippen LogP contribution in [0.1, 0.15) is 31.2 Å². The number of benzene rings is 1. The van der Waals surface area contributed by atoms with E-state index in [-0.39, 0.29) is 6.61 Å². The molecule has 1 aliphatic rings. The molecule has 0 aromatic heterocycles. The predicted molar refractivity (Wildman–Crippen MR) is 75.6 cm³/mol. The molecule has 1 atom stereocenters. The summed E-state index contributed by atoms with van der Waals surface area (Å²) >= 11 is 6.21. The van der Waals surface area contributed by atoms with Crippen LogP contribution in [-0.4, -0.2) is 29.2 Å². The van der Waals surface area contributed by atoms with Crippen LogP contribution in [0.3, 0.4) is 0 Å². The van der Waals surface area contributed by atoms with Gasteiger partial charge in [-0.25, -0.2) is 0 Å². The molecule has 1 aliphatic heterocycles. The molecule has 100 valence electrons. The summed E-state index contributed by atoms with van der Waals surface area (Å²) in [6.07, 6.45) is 4.43. The van der Waals surface area contributed by atoms with Gasteiger partial charge in [-0.05, 0) is 49.9 Å². The number of halogens is 1. The standard InChI is InChI=1S/C14H21ClN2O/c15-14-9-12(16)6-5-11(14)10-17-7-1-3-13(17)4-2-8-18/h5-6,9,13,18H,1-4,7-8,10,16H2. The van der Waals surface area contributed by atoms with Gasteiger partial charge in [0.2, 0.25) is 0 Å². The van der Waals surface area contributed by atoms with Gasteiger partial charge in [0.1, 0.15) is 0 Å². The van der Waals surface area contributed by atoms with Gasteiger partial charge in [0.25, 0.3) is 0 Å². The van der Waals surface area contributed by atoms with Crippen molar-refractivity contribution in [1.29, 1.82) is 0 Å². The molecule has 3 N–H and O–H groups in total. The molecular weight excluding hydrogens is 248 g/mol. The van der Waals surface area contributed by atoms with Crippen molar-refractivity contribution in [2.75, 3.05) is 18.9 Å². The van der Waals surface area contributed by atoms with Crippen LogP contribution in [0.2, 0.25) is 5.02 Å². The number of rotatable bonds is 5. The Morgan fingerprint density at radius 1 is 1.44 bits per heavy atom. The number of hydrogen-bond acceptors (Lipinski definition) is 3. The second-order valence-electron chi connectivity index (χ2n) is 4.98. The smallest absolute Gasteiger partial charge is 0.0471 e. The molecule has 18 heavy (non-hydrogen) atoms. The largest absolute Gasteiger partial charge is 0.399 e. The quantitative estimate of drug-likeness (QED) is 0.808. The summed E-state index contributed by atoms with van der Waals surface area (Å²) in [5.74, 6) is 0. The Bertz CT molecular complexity index is 397. The second kappa shape index (κ2) is 6.41. The van der Waals surface area contributed by atoms with Gasteiger partial charge in [0.15, 0.2) is 0 Å². The van der Waals surface area contributed by atoms with E-state index in [1.807, 2.05) is 18.2 Å². The summed E-state index contributed by atoms with van der Waals surface area (Å²) in [4.78, 5) is 2.47. The molecule has 0 spiro atoms. The van der Waals surface area contributed by atoms with Gasteiger partial charge in [0, 0.05) is 29.9 Å². The van der Waals surface area contributed by atoms with Crippen LogP contribution in [0, 0.1) is 0 Å². The van der Waals surface area contributed by atoms with Crippen molar-refractivity contribution in [2.45, 2.75) is 38.3 Å². The second-order valence-corrected chi connectivity index (χ2v) is 5.39. The number of aliphatic hydroxyl groups excluding tert-OH is 1. The van der Waals surface area contributed by atoms with E-state index in [1.165, 1.54) is 12.8 Å². The molecule has 1 fully saturated rings. The first-order valence-electron chi connectivity index (χ1n) is 6.59. The Hall–Kier alpha value is -0.770. The summed E-state index contributed by atoms with van der Waals surface area (Å²) in [7, 11) is 0. The zero-order chi connectivity index (χ0) is 13.0. The molecule has 1 saturated heterocycles. The zero-order valence-corrected chi connectivity index (χ0v) is 11.4. The predicted octanol–water partition coefficient (Wildman–Crippen LogP) is 2.66. The van der Waals surface area contributed by atoms with Gasteiger partial charge in [-0.15, -0.1) is 0 Å². The fourth-order valence-electron chi connectivity index (χ4n) is 2.67. The lowest BCUT2D eigenvalue weighted by Crippen LogP contribution is -2.29. The van der Waals surface area contributed by atoms with Crippen molar-refractivity contribution in [3.05, 3.63) is 28.8 Å². The maximum atomic E-state index is 8.92. The van der Waals surface area contributed by atoms with Crippen LogP contribution >= 0.6 is 11.6 Å². The van der Waals surface area contributed by atoms with E-state index >= 15 is 0 Å². The molecule has 4 heteroatoms. The summed E-state index contributed by atoms with van der Waals surface area (Å²) in [5.41, 5.74) is 7.55. The van der Waals surface area contributed by atoms with Crippen LogP contribution in [0.4, 0.5) is 5.69 Å². The van der Waals surface area contributed by atoms with Gasteiger partial charge >= 0.3 is 0 Å². The molecule has 0 radical (unpaired) electrons. The summed E-state index contributed by atoms with van der Waals surface area (Å²) in [6.45, 7) is 2.29. The van der Waals surface area contributed by atoms with Crippen LogP contribution in [0.25, 0.3) is 0 Å². The minimum atomic E-state index is 0.285. The summed E-state index contributed by atoms with van der Waals surface area (Å²) < 4.78 is 0. The molecule has 0 amide bonds. The van der Waals surface area contributed by atoms with Crippen LogP contribution in [-0.2, 0) is 6.54 Å². The van der Waals surface area contributed by atoms with Crippen molar-refractivity contribution in [3.8, 4) is 0 Å². The fourth-order valence-corrected chi connectivity index (χ4v) is 2.92. The number of nitrogens with zero attached hydrogens (tertiary/aromatic N) is 1. The number of aliphatic hydroxyl groups is 1. The normalized spacial score (nSPS) is 20.4. The van der Waals surface area contributed by atoms with Crippen molar-refractivity contribution < 1.29 is 5.11 Å². The Labute approximate surface area is 114 Å². The Morgan fingerprint density at radius 3 is 3.00 bits per heavy atom. The number of nitrogens with two attached hydrogens (primary N) is 1. The zero-order valence-electron chi connectivity index (χ0n) is 10.6. The monoisotopic (exact) mass is 268 g/mol. The number of anilines is 1. The lowest BCUT2D eigenvalue weighted by molar-refractivity contribution is 0.210. The van der Waals surface area contributed by atoms with Crippen LogP contribution in [0.15, 0.2) is 18.2 Å². The number of nitrogen functional groups attached to an aromatic ring is 1. The third kappa shape index (κ3) is 3.37. The van der Waals surface area contributed by atoms with Crippen molar-refractivity contribution in [2.24, 2.45) is 0 Å². The molecule has 0 saturated carbocycles. The van der Waals surface area contributed by atoms with Gasteiger partial charge in [-0.3, -0.25) is 4.90 Å². The fraction of sp³-hybridized carbons (Fsp3) is 0.571. The highest BCUT2D eigenvalue weighted by molar-refractivity contribution is 6.31. The minimum absolute atomic E-state index is 0.285. The van der Waals surface area contributed by atoms with E-state index in [0.717, 1.165) is 36.5 Å². The average Bonchev–Trinajstić information content (AvgIpc) is 2.77. The van der Waals surface area contributed by atoms with E-state index < -0.39 is 0 Å². The van der Waals surface area contributed by atoms with E-state index in [4.69, 9.17) is 22.4 Å². The molecule has 1 aromatic rings. The molecule has 1 heterocycles. The van der Waals surface area contributed by atoms with Gasteiger partial charge in [-0.1, -0.05) is 17.7 Å². The molecule has 3 nitrogen and oxygen atoms in total. The molecule has 0 bridgehead atoms. The number of hydrogen-bond donors (Lipinski definition) is 2.